The Labute approximate surface area is 125 Å². The first-order chi connectivity index (χ1) is 9.16. The van der Waals surface area contributed by atoms with E-state index in [1.807, 2.05) is 37.3 Å². The van der Waals surface area contributed by atoms with Gasteiger partial charge in [-0.05, 0) is 30.0 Å². The van der Waals surface area contributed by atoms with E-state index in [1.54, 1.807) is 6.26 Å². The minimum atomic E-state index is 0.104. The van der Waals surface area contributed by atoms with Crippen LogP contribution in [0.4, 0.5) is 0 Å². The summed E-state index contributed by atoms with van der Waals surface area (Å²) in [5.74, 6) is 0.915. The van der Waals surface area contributed by atoms with Crippen molar-refractivity contribution in [3.63, 3.8) is 0 Å². The lowest BCUT2D eigenvalue weighted by molar-refractivity contribution is 0.532. The van der Waals surface area contributed by atoms with Crippen molar-refractivity contribution in [2.75, 3.05) is 0 Å². The summed E-state index contributed by atoms with van der Waals surface area (Å²) >= 11 is 10.0. The first-order valence-electron chi connectivity index (χ1n) is 6.03. The molecule has 19 heavy (non-hydrogen) atoms. The molecule has 0 saturated carbocycles. The zero-order chi connectivity index (χ0) is 13.4. The topological polar surface area (TPSA) is 13.1 Å². The first kappa shape index (κ1) is 12.8. The molecule has 3 rings (SSSR count). The minimum Gasteiger partial charge on any atom is -0.469 e. The fourth-order valence-corrected chi connectivity index (χ4v) is 3.15. The number of rotatable bonds is 2. The van der Waals surface area contributed by atoms with Gasteiger partial charge in [0.05, 0.1) is 11.1 Å². The molecule has 0 bridgehead atoms. The molecule has 3 aromatic rings. The lowest BCUT2D eigenvalue weighted by atomic mass is 9.99. The largest absolute Gasteiger partial charge is 0.469 e. The van der Waals surface area contributed by atoms with Crippen LogP contribution in [-0.4, -0.2) is 0 Å². The predicted molar refractivity (Wildman–Crippen MR) is 83.2 cm³/mol. The van der Waals surface area contributed by atoms with Crippen molar-refractivity contribution in [3.05, 3.63) is 70.6 Å². The normalized spacial score (nSPS) is 12.8. The Morgan fingerprint density at radius 2 is 1.84 bits per heavy atom. The third kappa shape index (κ3) is 2.31. The fraction of sp³-hybridized carbons (Fsp3) is 0.125. The fourth-order valence-electron chi connectivity index (χ4n) is 2.28. The van der Waals surface area contributed by atoms with Crippen molar-refractivity contribution in [2.45, 2.75) is 11.8 Å². The highest BCUT2D eigenvalue weighted by molar-refractivity contribution is 9.09. The molecule has 96 valence electrons. The number of halogens is 2. The molecule has 0 fully saturated rings. The molecule has 0 N–H and O–H groups in total. The lowest BCUT2D eigenvalue weighted by Crippen LogP contribution is -1.92. The monoisotopic (exact) mass is 334 g/mol. The quantitative estimate of drug-likeness (QED) is 0.533. The second-order valence-corrected chi connectivity index (χ2v) is 5.86. The summed E-state index contributed by atoms with van der Waals surface area (Å²) < 4.78 is 5.39. The lowest BCUT2D eigenvalue weighted by Gasteiger charge is -2.12. The van der Waals surface area contributed by atoms with E-state index in [0.29, 0.717) is 0 Å². The van der Waals surface area contributed by atoms with Crippen molar-refractivity contribution in [3.8, 4) is 0 Å². The molecule has 0 aliphatic carbocycles. The van der Waals surface area contributed by atoms with E-state index < -0.39 is 0 Å². The molecular formula is C16H12BrClO. The average Bonchev–Trinajstić information content (AvgIpc) is 2.86. The molecule has 2 aromatic carbocycles. The van der Waals surface area contributed by atoms with Gasteiger partial charge in [0.1, 0.15) is 5.76 Å². The van der Waals surface area contributed by atoms with Gasteiger partial charge in [-0.1, -0.05) is 57.9 Å². The van der Waals surface area contributed by atoms with Crippen LogP contribution >= 0.6 is 27.5 Å². The number of benzene rings is 2. The van der Waals surface area contributed by atoms with Gasteiger partial charge in [0.25, 0.3) is 0 Å². The van der Waals surface area contributed by atoms with Crippen LogP contribution in [0.3, 0.4) is 0 Å². The molecular weight excluding hydrogens is 324 g/mol. The molecule has 1 unspecified atom stereocenters. The van der Waals surface area contributed by atoms with Gasteiger partial charge >= 0.3 is 0 Å². The Morgan fingerprint density at radius 3 is 2.53 bits per heavy atom. The molecule has 0 radical (unpaired) electrons. The number of hydrogen-bond acceptors (Lipinski definition) is 1. The van der Waals surface area contributed by atoms with Gasteiger partial charge in [0.2, 0.25) is 0 Å². The Bertz CT molecular complexity index is 732. The maximum Gasteiger partial charge on any atom is 0.101 e. The van der Waals surface area contributed by atoms with Crippen LogP contribution in [0.25, 0.3) is 10.8 Å². The van der Waals surface area contributed by atoms with E-state index in [2.05, 4.69) is 28.1 Å². The Morgan fingerprint density at radius 1 is 1.11 bits per heavy atom. The number of aryl methyl sites for hydroxylation is 1. The van der Waals surface area contributed by atoms with Crippen molar-refractivity contribution in [2.24, 2.45) is 0 Å². The molecule has 0 aliphatic heterocycles. The van der Waals surface area contributed by atoms with E-state index in [-0.39, 0.29) is 4.83 Å². The molecule has 1 nitrogen and oxygen atoms in total. The molecule has 0 aliphatic rings. The zero-order valence-electron chi connectivity index (χ0n) is 10.4. The molecule has 0 saturated heterocycles. The van der Waals surface area contributed by atoms with Crippen LogP contribution in [-0.2, 0) is 0 Å². The van der Waals surface area contributed by atoms with Gasteiger partial charge in [0, 0.05) is 16.0 Å². The van der Waals surface area contributed by atoms with Crippen LogP contribution in [0.5, 0.6) is 0 Å². The van der Waals surface area contributed by atoms with Crippen molar-refractivity contribution in [1.29, 1.82) is 0 Å². The number of alkyl halides is 1. The van der Waals surface area contributed by atoms with Crippen molar-refractivity contribution < 1.29 is 4.42 Å². The van der Waals surface area contributed by atoms with Crippen LogP contribution in [0.1, 0.15) is 21.7 Å². The van der Waals surface area contributed by atoms with Crippen LogP contribution in [0, 0.1) is 6.92 Å². The van der Waals surface area contributed by atoms with Crippen molar-refractivity contribution >= 4 is 38.3 Å². The van der Waals surface area contributed by atoms with Gasteiger partial charge in [0.15, 0.2) is 0 Å². The summed E-state index contributed by atoms with van der Waals surface area (Å²) in [5, 5.41) is 3.02. The average molecular weight is 336 g/mol. The highest BCUT2D eigenvalue weighted by Crippen LogP contribution is 2.38. The smallest absolute Gasteiger partial charge is 0.101 e. The summed E-state index contributed by atoms with van der Waals surface area (Å²) in [6.45, 7) is 1.95. The van der Waals surface area contributed by atoms with Crippen LogP contribution in [0.15, 0.2) is 53.1 Å². The maximum atomic E-state index is 6.25. The first-order valence-corrected chi connectivity index (χ1v) is 7.32. The van der Waals surface area contributed by atoms with Crippen molar-refractivity contribution in [1.82, 2.24) is 0 Å². The van der Waals surface area contributed by atoms with E-state index in [4.69, 9.17) is 16.0 Å². The van der Waals surface area contributed by atoms with E-state index in [9.17, 15) is 0 Å². The Kier molecular flexibility index (Phi) is 3.38. The number of hydrogen-bond donors (Lipinski definition) is 0. The second-order valence-electron chi connectivity index (χ2n) is 4.54. The van der Waals surface area contributed by atoms with Crippen LogP contribution < -0.4 is 0 Å². The predicted octanol–water partition coefficient (Wildman–Crippen LogP) is 5.88. The van der Waals surface area contributed by atoms with Gasteiger partial charge < -0.3 is 4.42 Å². The number of fused-ring (bicyclic) bond motifs is 1. The molecule has 1 aromatic heterocycles. The molecule has 0 spiro atoms. The van der Waals surface area contributed by atoms with E-state index in [0.717, 1.165) is 27.1 Å². The Hall–Kier alpha value is -1.25. The third-order valence-electron chi connectivity index (χ3n) is 3.22. The minimum absolute atomic E-state index is 0.104. The SMILES string of the molecule is Cc1cc(C(Br)c2ccc(Cl)c3ccccc23)co1. The highest BCUT2D eigenvalue weighted by Gasteiger charge is 2.16. The van der Waals surface area contributed by atoms with Gasteiger partial charge in [-0.15, -0.1) is 0 Å². The summed E-state index contributed by atoms with van der Waals surface area (Å²) in [6.07, 6.45) is 1.79. The zero-order valence-corrected chi connectivity index (χ0v) is 12.7. The molecule has 3 heteroatoms. The summed E-state index contributed by atoms with van der Waals surface area (Å²) in [6, 6.07) is 14.2. The summed E-state index contributed by atoms with van der Waals surface area (Å²) in [7, 11) is 0. The Balaban J connectivity index is 2.18. The summed E-state index contributed by atoms with van der Waals surface area (Å²) in [5.41, 5.74) is 2.31. The third-order valence-corrected chi connectivity index (χ3v) is 4.57. The molecule has 1 atom stereocenters. The summed E-state index contributed by atoms with van der Waals surface area (Å²) in [4.78, 5) is 0.104. The second kappa shape index (κ2) is 5.03. The molecule has 1 heterocycles. The van der Waals surface area contributed by atoms with Gasteiger partial charge in [-0.2, -0.15) is 0 Å². The van der Waals surface area contributed by atoms with E-state index in [1.165, 1.54) is 5.56 Å². The van der Waals surface area contributed by atoms with E-state index >= 15 is 0 Å². The molecule has 0 amide bonds. The number of furan rings is 1. The van der Waals surface area contributed by atoms with Gasteiger partial charge in [-0.3, -0.25) is 0 Å². The van der Waals surface area contributed by atoms with Gasteiger partial charge in [-0.25, -0.2) is 0 Å². The maximum absolute atomic E-state index is 6.25. The standard InChI is InChI=1S/C16H12BrClO/c1-10-8-11(9-19-10)16(17)14-6-7-15(18)13-5-3-2-4-12(13)14/h2-9,16H,1H3. The highest BCUT2D eigenvalue weighted by atomic mass is 79.9. The van der Waals surface area contributed by atoms with Crippen LogP contribution in [0.2, 0.25) is 5.02 Å².